The summed E-state index contributed by atoms with van der Waals surface area (Å²) < 4.78 is 5.63. The molecule has 0 amide bonds. The van der Waals surface area contributed by atoms with Gasteiger partial charge in [0.2, 0.25) is 0 Å². The van der Waals surface area contributed by atoms with Gasteiger partial charge in [-0.15, -0.1) is 0 Å². The Balaban J connectivity index is 2.51. The van der Waals surface area contributed by atoms with Crippen LogP contribution in [0, 0.1) is 0 Å². The summed E-state index contributed by atoms with van der Waals surface area (Å²) >= 11 is 0. The molecule has 114 valence electrons. The maximum Gasteiger partial charge on any atom is 0.144 e. The van der Waals surface area contributed by atoms with E-state index in [4.69, 9.17) is 10.5 Å². The van der Waals surface area contributed by atoms with Gasteiger partial charge in [0.05, 0.1) is 18.0 Å². The molecule has 1 atom stereocenters. The van der Waals surface area contributed by atoms with Gasteiger partial charge < -0.3 is 20.7 Å². The van der Waals surface area contributed by atoms with Crippen molar-refractivity contribution < 1.29 is 4.74 Å². The second-order valence-electron chi connectivity index (χ2n) is 5.23. The van der Waals surface area contributed by atoms with Gasteiger partial charge >= 0.3 is 0 Å². The molecule has 1 aromatic rings. The quantitative estimate of drug-likeness (QED) is 0.682. The highest BCUT2D eigenvalue weighted by molar-refractivity contribution is 5.72. The van der Waals surface area contributed by atoms with Crippen molar-refractivity contribution in [2.75, 3.05) is 37.8 Å². The number of hydrogen-bond donors (Lipinski definition) is 2. The van der Waals surface area contributed by atoms with Crippen LogP contribution in [0.2, 0.25) is 0 Å². The van der Waals surface area contributed by atoms with Crippen LogP contribution < -0.4 is 15.8 Å². The van der Waals surface area contributed by atoms with Gasteiger partial charge in [0.15, 0.2) is 0 Å². The zero-order chi connectivity index (χ0) is 15.0. The van der Waals surface area contributed by atoms with Crippen LogP contribution in [-0.4, -0.2) is 37.7 Å². The van der Waals surface area contributed by atoms with E-state index < -0.39 is 0 Å². The lowest BCUT2D eigenvalue weighted by atomic mass is 10.2. The number of rotatable bonds is 9. The second kappa shape index (κ2) is 8.69. The third-order valence-electron chi connectivity index (χ3n) is 3.65. The van der Waals surface area contributed by atoms with E-state index >= 15 is 0 Å². The summed E-state index contributed by atoms with van der Waals surface area (Å²) in [4.78, 5) is 2.35. The molecule has 1 rings (SSSR count). The summed E-state index contributed by atoms with van der Waals surface area (Å²) in [6, 6.07) is 6.49. The van der Waals surface area contributed by atoms with Crippen molar-refractivity contribution in [1.82, 2.24) is 4.90 Å². The third-order valence-corrected chi connectivity index (χ3v) is 3.65. The lowest BCUT2D eigenvalue weighted by Crippen LogP contribution is -2.32. The molecular weight excluding hydrogens is 250 g/mol. The van der Waals surface area contributed by atoms with Crippen LogP contribution in [0.5, 0.6) is 5.75 Å². The van der Waals surface area contributed by atoms with Gasteiger partial charge in [-0.25, -0.2) is 0 Å². The minimum atomic E-state index is 0.605. The fraction of sp³-hybridized carbons (Fsp3) is 0.625. The molecule has 20 heavy (non-hydrogen) atoms. The number of anilines is 2. The van der Waals surface area contributed by atoms with E-state index in [0.29, 0.717) is 18.3 Å². The van der Waals surface area contributed by atoms with Crippen LogP contribution in [-0.2, 0) is 0 Å². The first-order valence-electron chi connectivity index (χ1n) is 7.55. The first kappa shape index (κ1) is 16.6. The van der Waals surface area contributed by atoms with Gasteiger partial charge in [-0.3, -0.25) is 0 Å². The molecular formula is C16H29N3O. The molecule has 3 N–H and O–H groups in total. The number of hydrogen-bond acceptors (Lipinski definition) is 4. The largest absolute Gasteiger partial charge is 0.491 e. The van der Waals surface area contributed by atoms with Crippen LogP contribution in [0.3, 0.4) is 0 Å². The Bertz CT molecular complexity index is 395. The van der Waals surface area contributed by atoms with Crippen molar-refractivity contribution in [1.29, 1.82) is 0 Å². The number of likely N-dealkylation sites (N-methyl/N-ethyl adjacent to an activating group) is 1. The number of para-hydroxylation sites is 1. The molecule has 0 bridgehead atoms. The molecule has 4 heteroatoms. The number of nitrogens with two attached hydrogens (primary N) is 1. The molecule has 0 fully saturated rings. The Labute approximate surface area is 123 Å². The van der Waals surface area contributed by atoms with Crippen molar-refractivity contribution >= 4 is 11.4 Å². The van der Waals surface area contributed by atoms with Gasteiger partial charge in [-0.2, -0.15) is 0 Å². The Morgan fingerprint density at radius 2 is 2.10 bits per heavy atom. The zero-order valence-corrected chi connectivity index (χ0v) is 13.3. The number of nitrogen functional groups attached to an aromatic ring is 1. The van der Waals surface area contributed by atoms with E-state index in [2.05, 4.69) is 38.0 Å². The number of nitrogens with one attached hydrogen (secondary N) is 1. The summed E-state index contributed by atoms with van der Waals surface area (Å²) in [5.74, 6) is 0.770. The molecule has 0 aromatic heterocycles. The molecule has 0 saturated heterocycles. The molecule has 0 radical (unpaired) electrons. The standard InChI is InChI=1S/C16H29N3O/c1-5-12-20-15-9-7-8-14(16(15)17)18-10-11-19(4)13(3)6-2/h7-9,13,18H,5-6,10-12,17H2,1-4H3. The average Bonchev–Trinajstić information content (AvgIpc) is 2.46. The molecule has 0 aliphatic heterocycles. The molecule has 0 heterocycles. The minimum Gasteiger partial charge on any atom is -0.491 e. The zero-order valence-electron chi connectivity index (χ0n) is 13.3. The van der Waals surface area contributed by atoms with Crippen molar-refractivity contribution in [3.05, 3.63) is 18.2 Å². The predicted molar refractivity (Wildman–Crippen MR) is 87.5 cm³/mol. The Hall–Kier alpha value is -1.42. The second-order valence-corrected chi connectivity index (χ2v) is 5.23. The van der Waals surface area contributed by atoms with E-state index in [1.165, 1.54) is 6.42 Å². The smallest absolute Gasteiger partial charge is 0.144 e. The maximum atomic E-state index is 6.13. The van der Waals surface area contributed by atoms with Crippen LogP contribution >= 0.6 is 0 Å². The molecule has 1 unspecified atom stereocenters. The van der Waals surface area contributed by atoms with E-state index in [1.54, 1.807) is 0 Å². The number of ether oxygens (including phenoxy) is 1. The lowest BCUT2D eigenvalue weighted by Gasteiger charge is -2.24. The van der Waals surface area contributed by atoms with Crippen LogP contribution in [0.1, 0.15) is 33.6 Å². The Morgan fingerprint density at radius 3 is 2.75 bits per heavy atom. The van der Waals surface area contributed by atoms with Crippen LogP contribution in [0.25, 0.3) is 0 Å². The Kier molecular flexibility index (Phi) is 7.23. The fourth-order valence-electron chi connectivity index (χ4n) is 1.94. The van der Waals surface area contributed by atoms with Gasteiger partial charge in [0, 0.05) is 19.1 Å². The van der Waals surface area contributed by atoms with E-state index in [9.17, 15) is 0 Å². The maximum absolute atomic E-state index is 6.13. The fourth-order valence-corrected chi connectivity index (χ4v) is 1.94. The summed E-state index contributed by atoms with van der Waals surface area (Å²) in [7, 11) is 2.15. The van der Waals surface area contributed by atoms with Crippen LogP contribution in [0.15, 0.2) is 18.2 Å². The van der Waals surface area contributed by atoms with Gasteiger partial charge in [-0.1, -0.05) is 19.9 Å². The Morgan fingerprint density at radius 1 is 1.35 bits per heavy atom. The average molecular weight is 279 g/mol. The normalized spacial score (nSPS) is 12.4. The monoisotopic (exact) mass is 279 g/mol. The molecule has 0 aliphatic rings. The number of benzene rings is 1. The molecule has 0 aliphatic carbocycles. The van der Waals surface area contributed by atoms with Crippen LogP contribution in [0.4, 0.5) is 11.4 Å². The van der Waals surface area contributed by atoms with E-state index in [1.807, 2.05) is 18.2 Å². The summed E-state index contributed by atoms with van der Waals surface area (Å²) in [5.41, 5.74) is 7.78. The van der Waals surface area contributed by atoms with Crippen molar-refractivity contribution in [3.63, 3.8) is 0 Å². The van der Waals surface area contributed by atoms with Crippen molar-refractivity contribution in [2.24, 2.45) is 0 Å². The van der Waals surface area contributed by atoms with Crippen molar-refractivity contribution in [2.45, 2.75) is 39.7 Å². The molecule has 4 nitrogen and oxygen atoms in total. The third kappa shape index (κ3) is 4.93. The highest BCUT2D eigenvalue weighted by atomic mass is 16.5. The van der Waals surface area contributed by atoms with Gasteiger partial charge in [0.25, 0.3) is 0 Å². The highest BCUT2D eigenvalue weighted by Gasteiger charge is 2.08. The topological polar surface area (TPSA) is 50.5 Å². The molecule has 0 saturated carbocycles. The van der Waals surface area contributed by atoms with E-state index in [0.717, 1.165) is 30.9 Å². The SMILES string of the molecule is CCCOc1cccc(NCCN(C)C(C)CC)c1N. The first-order chi connectivity index (χ1) is 9.60. The van der Waals surface area contributed by atoms with Crippen molar-refractivity contribution in [3.8, 4) is 5.75 Å². The number of nitrogens with zero attached hydrogens (tertiary/aromatic N) is 1. The summed E-state index contributed by atoms with van der Waals surface area (Å²) in [6.07, 6.45) is 2.15. The highest BCUT2D eigenvalue weighted by Crippen LogP contribution is 2.29. The molecule has 1 aromatic carbocycles. The summed E-state index contributed by atoms with van der Waals surface area (Å²) in [5, 5.41) is 3.39. The predicted octanol–water partition coefficient (Wildman–Crippen LogP) is 3.20. The molecule has 0 spiro atoms. The van der Waals surface area contributed by atoms with Gasteiger partial charge in [0.1, 0.15) is 5.75 Å². The lowest BCUT2D eigenvalue weighted by molar-refractivity contribution is 0.261. The summed E-state index contributed by atoms with van der Waals surface area (Å²) in [6.45, 7) is 9.11. The van der Waals surface area contributed by atoms with E-state index in [-0.39, 0.29) is 0 Å². The van der Waals surface area contributed by atoms with Gasteiger partial charge in [-0.05, 0) is 38.9 Å². The minimum absolute atomic E-state index is 0.605. The first-order valence-corrected chi connectivity index (χ1v) is 7.55.